The van der Waals surface area contributed by atoms with Crippen LogP contribution in [-0.4, -0.2) is 77.1 Å². The van der Waals surface area contributed by atoms with Crippen molar-refractivity contribution in [3.05, 3.63) is 76.9 Å². The molecule has 33 heavy (non-hydrogen) atoms. The lowest BCUT2D eigenvalue weighted by atomic mass is 9.92. The number of hydrogen-bond donors (Lipinski definition) is 3. The molecular formula is C26H29NO6. The number of hydrogen-bond acceptors (Lipinski definition) is 6. The van der Waals surface area contributed by atoms with Crippen molar-refractivity contribution in [2.45, 2.75) is 37.1 Å². The Morgan fingerprint density at radius 2 is 1.48 bits per heavy atom. The predicted octanol–water partition coefficient (Wildman–Crippen LogP) is 0.626. The molecule has 174 valence electrons. The highest BCUT2D eigenvalue weighted by Gasteiger charge is 2.50. The summed E-state index contributed by atoms with van der Waals surface area (Å²) in [6.07, 6.45) is -0.642. The van der Waals surface area contributed by atoms with Gasteiger partial charge in [-0.25, -0.2) is 0 Å². The monoisotopic (exact) mass is 451 g/mol. The molecule has 0 radical (unpaired) electrons. The maximum absolute atomic E-state index is 11.4. The first kappa shape index (κ1) is 23.4. The maximum Gasteiger partial charge on any atom is 0.222 e. The Hall–Kier alpha value is -2.81. The van der Waals surface area contributed by atoms with E-state index in [4.69, 9.17) is 4.74 Å². The fourth-order valence-electron chi connectivity index (χ4n) is 4.62. The highest BCUT2D eigenvalue weighted by atomic mass is 16.6. The van der Waals surface area contributed by atoms with E-state index in [1.807, 2.05) is 24.3 Å². The molecule has 1 fully saturated rings. The summed E-state index contributed by atoms with van der Waals surface area (Å²) >= 11 is 0. The van der Waals surface area contributed by atoms with E-state index in [-0.39, 0.29) is 4.48 Å². The molecule has 0 saturated carbocycles. The van der Waals surface area contributed by atoms with E-state index >= 15 is 0 Å². The van der Waals surface area contributed by atoms with Gasteiger partial charge < -0.3 is 34.4 Å². The molecule has 0 bridgehead atoms. The van der Waals surface area contributed by atoms with Gasteiger partial charge in [-0.05, 0) is 27.8 Å². The fourth-order valence-corrected chi connectivity index (χ4v) is 4.62. The van der Waals surface area contributed by atoms with Crippen molar-refractivity contribution in [1.29, 1.82) is 0 Å². The number of carboxylic acid groups (broad SMARTS) is 1. The molecule has 4 rings (SSSR count). The van der Waals surface area contributed by atoms with Crippen LogP contribution >= 0.6 is 0 Å². The van der Waals surface area contributed by atoms with Gasteiger partial charge in [-0.15, -0.1) is 0 Å². The van der Waals surface area contributed by atoms with Gasteiger partial charge >= 0.3 is 0 Å². The van der Waals surface area contributed by atoms with E-state index in [1.165, 1.54) is 0 Å². The quantitative estimate of drug-likeness (QED) is 0.491. The Morgan fingerprint density at radius 1 is 0.939 bits per heavy atom. The zero-order chi connectivity index (χ0) is 23.8. The average molecular weight is 452 g/mol. The maximum atomic E-state index is 11.4. The van der Waals surface area contributed by atoms with Gasteiger partial charge in [-0.1, -0.05) is 66.8 Å². The highest BCUT2D eigenvalue weighted by Crippen LogP contribution is 2.34. The molecule has 3 N–H and O–H groups in total. The molecule has 0 amide bonds. The average Bonchev–Trinajstić information content (AvgIpc) is 2.94. The van der Waals surface area contributed by atoms with Gasteiger partial charge in [-0.2, -0.15) is 0 Å². The van der Waals surface area contributed by atoms with E-state index in [1.54, 1.807) is 14.1 Å². The molecule has 1 aliphatic heterocycles. The molecule has 1 aliphatic carbocycles. The van der Waals surface area contributed by atoms with Crippen molar-refractivity contribution < 1.29 is 34.4 Å². The third-order valence-corrected chi connectivity index (χ3v) is 6.51. The Bertz CT molecular complexity index is 1040. The van der Waals surface area contributed by atoms with Crippen LogP contribution in [0.4, 0.5) is 0 Å². The van der Waals surface area contributed by atoms with E-state index in [0.29, 0.717) is 13.0 Å². The molecular weight excluding hydrogens is 422 g/mol. The third-order valence-electron chi connectivity index (χ3n) is 6.51. The Labute approximate surface area is 193 Å². The van der Waals surface area contributed by atoms with Gasteiger partial charge in [0.25, 0.3) is 0 Å². The molecule has 7 heteroatoms. The van der Waals surface area contributed by atoms with Crippen molar-refractivity contribution in [2.75, 3.05) is 20.6 Å². The minimum absolute atomic E-state index is 0.0834. The van der Waals surface area contributed by atoms with Crippen LogP contribution in [0.1, 0.15) is 28.7 Å². The van der Waals surface area contributed by atoms with E-state index in [0.717, 1.165) is 27.8 Å². The number of carboxylic acids is 1. The largest absolute Gasteiger partial charge is 0.547 e. The molecule has 0 aromatic heterocycles. The van der Waals surface area contributed by atoms with E-state index in [9.17, 15) is 25.2 Å². The van der Waals surface area contributed by atoms with Crippen LogP contribution in [0.3, 0.4) is 0 Å². The molecule has 7 nitrogen and oxygen atoms in total. The van der Waals surface area contributed by atoms with E-state index < -0.39 is 36.6 Å². The van der Waals surface area contributed by atoms with Crippen LogP contribution in [0.25, 0.3) is 17.7 Å². The molecule has 2 aromatic carbocycles. The Morgan fingerprint density at radius 3 is 2.03 bits per heavy atom. The predicted molar refractivity (Wildman–Crippen MR) is 122 cm³/mol. The minimum atomic E-state index is -1.75. The van der Waals surface area contributed by atoms with Crippen molar-refractivity contribution >= 4 is 23.7 Å². The summed E-state index contributed by atoms with van der Waals surface area (Å²) in [5.74, 6) is -1.63. The van der Waals surface area contributed by atoms with Gasteiger partial charge in [0.15, 0.2) is 6.10 Å². The number of rotatable bonds is 5. The van der Waals surface area contributed by atoms with Crippen LogP contribution in [-0.2, 0) is 9.53 Å². The van der Waals surface area contributed by atoms with Crippen molar-refractivity contribution in [1.82, 2.24) is 0 Å². The topological polar surface area (TPSA) is 110 Å². The number of fused-ring (bicyclic) bond motifs is 2. The molecule has 0 spiro atoms. The van der Waals surface area contributed by atoms with Crippen LogP contribution in [0.5, 0.6) is 0 Å². The minimum Gasteiger partial charge on any atom is -0.547 e. The third kappa shape index (κ3) is 4.51. The first-order chi connectivity index (χ1) is 15.7. The Kier molecular flexibility index (Phi) is 6.52. The second-order valence-corrected chi connectivity index (χ2v) is 9.15. The second-order valence-electron chi connectivity index (χ2n) is 9.15. The number of likely N-dealkylation sites (N-methyl/N-ethyl adjacent to an activating group) is 1. The first-order valence-electron chi connectivity index (χ1n) is 11.0. The lowest BCUT2D eigenvalue weighted by molar-refractivity contribution is -0.944. The number of aliphatic hydroxyl groups is 3. The lowest BCUT2D eigenvalue weighted by Crippen LogP contribution is -2.69. The molecule has 1 saturated heterocycles. The fraction of sp³-hybridized carbons (Fsp3) is 0.346. The normalized spacial score (nSPS) is 26.8. The number of aliphatic hydroxyl groups excluding tert-OH is 3. The SMILES string of the molecule is C[N+](C)(CCC=C1c2ccccc2C=Cc2ccccc21)[C@H]1OC(C(=O)[O-])[C@H](O)[C@@H](O)[C@H]1O. The van der Waals surface area contributed by atoms with Gasteiger partial charge in [0, 0.05) is 6.42 Å². The molecule has 1 heterocycles. The Balaban J connectivity index is 1.60. The zero-order valence-corrected chi connectivity index (χ0v) is 18.7. The first-order valence-corrected chi connectivity index (χ1v) is 11.0. The van der Waals surface area contributed by atoms with Gasteiger partial charge in [0.1, 0.15) is 18.3 Å². The molecule has 2 aliphatic rings. The number of ether oxygens (including phenoxy) is 1. The number of nitrogens with zero attached hydrogens (tertiary/aromatic N) is 1. The summed E-state index contributed by atoms with van der Waals surface area (Å²) in [5.41, 5.74) is 5.57. The molecule has 1 unspecified atom stereocenters. The van der Waals surface area contributed by atoms with Crippen molar-refractivity contribution in [3.63, 3.8) is 0 Å². The van der Waals surface area contributed by atoms with Crippen LogP contribution in [0.15, 0.2) is 54.6 Å². The smallest absolute Gasteiger partial charge is 0.222 e. The number of aliphatic carboxylic acids is 1. The van der Waals surface area contributed by atoms with Crippen molar-refractivity contribution in [3.8, 4) is 0 Å². The summed E-state index contributed by atoms with van der Waals surface area (Å²) in [5, 5.41) is 42.0. The number of carbonyl (C=O) groups excluding carboxylic acids is 1. The number of carbonyl (C=O) groups is 1. The second kappa shape index (κ2) is 9.21. The highest BCUT2D eigenvalue weighted by molar-refractivity contribution is 5.93. The van der Waals surface area contributed by atoms with Crippen LogP contribution in [0, 0.1) is 0 Å². The van der Waals surface area contributed by atoms with Crippen molar-refractivity contribution in [2.24, 2.45) is 0 Å². The summed E-state index contributed by atoms with van der Waals surface area (Å²) in [4.78, 5) is 11.4. The number of benzene rings is 2. The van der Waals surface area contributed by atoms with Gasteiger partial charge in [-0.3, -0.25) is 0 Å². The van der Waals surface area contributed by atoms with E-state index in [2.05, 4.69) is 42.5 Å². The summed E-state index contributed by atoms with van der Waals surface area (Å²) < 4.78 is 5.59. The van der Waals surface area contributed by atoms with Crippen LogP contribution in [0.2, 0.25) is 0 Å². The zero-order valence-electron chi connectivity index (χ0n) is 18.7. The van der Waals surface area contributed by atoms with Gasteiger partial charge in [0.2, 0.25) is 6.23 Å². The van der Waals surface area contributed by atoms with Gasteiger partial charge in [0.05, 0.1) is 26.6 Å². The van der Waals surface area contributed by atoms with Crippen LogP contribution < -0.4 is 5.11 Å². The number of quaternary nitrogens is 1. The summed E-state index contributed by atoms with van der Waals surface area (Å²) in [7, 11) is 3.58. The summed E-state index contributed by atoms with van der Waals surface area (Å²) in [6, 6.07) is 16.3. The standard InChI is InChI=1S/C26H29NO6/c1-27(2,25-23(30)21(28)22(29)24(33-25)26(31)32)15-7-12-20-18-10-5-3-8-16(18)13-14-17-9-4-6-11-19(17)20/h3-6,8-14,21-25,28-30H,7,15H2,1-2H3/t21-,22-,23-,24?,25+/m1/s1. The molecule has 2 aromatic rings. The lowest BCUT2D eigenvalue weighted by Gasteiger charge is -2.47. The summed E-state index contributed by atoms with van der Waals surface area (Å²) in [6.45, 7) is 0.492. The molecule has 5 atom stereocenters.